The minimum Gasteiger partial charge on any atom is -0.319 e. The van der Waals surface area contributed by atoms with Crippen molar-refractivity contribution in [2.45, 2.75) is 0 Å². The number of carbonyl (C=O) groups excluding carboxylic acids is 1. The standard InChI is InChI=1S/C13H7BrF2INO/c14-9-5-4-7(17)6-8(9)13(19)18-11-3-1-2-10(15)12(11)16/h1-6H,(H,18,19). The average molecular weight is 438 g/mol. The highest BCUT2D eigenvalue weighted by atomic mass is 127. The monoisotopic (exact) mass is 437 g/mol. The normalized spacial score (nSPS) is 10.3. The van der Waals surface area contributed by atoms with Crippen LogP contribution in [0.15, 0.2) is 40.9 Å². The Kier molecular flexibility index (Phi) is 4.51. The molecule has 98 valence electrons. The van der Waals surface area contributed by atoms with Crippen molar-refractivity contribution in [1.82, 2.24) is 0 Å². The van der Waals surface area contributed by atoms with Crippen LogP contribution < -0.4 is 5.32 Å². The van der Waals surface area contributed by atoms with E-state index in [9.17, 15) is 13.6 Å². The summed E-state index contributed by atoms with van der Waals surface area (Å²) in [4.78, 5) is 12.0. The highest BCUT2D eigenvalue weighted by Crippen LogP contribution is 2.22. The van der Waals surface area contributed by atoms with E-state index in [1.165, 1.54) is 12.1 Å². The Morgan fingerprint density at radius 3 is 2.68 bits per heavy atom. The number of benzene rings is 2. The fourth-order valence-electron chi connectivity index (χ4n) is 1.46. The fraction of sp³-hybridized carbons (Fsp3) is 0. The SMILES string of the molecule is O=C(Nc1cccc(F)c1F)c1cc(I)ccc1Br. The largest absolute Gasteiger partial charge is 0.319 e. The first kappa shape index (κ1) is 14.4. The molecule has 0 spiro atoms. The topological polar surface area (TPSA) is 29.1 Å². The third kappa shape index (κ3) is 3.30. The molecule has 2 aromatic carbocycles. The highest BCUT2D eigenvalue weighted by molar-refractivity contribution is 14.1. The molecule has 0 fully saturated rings. The lowest BCUT2D eigenvalue weighted by molar-refractivity contribution is 0.102. The second kappa shape index (κ2) is 5.96. The third-order valence-electron chi connectivity index (χ3n) is 2.37. The molecule has 2 nitrogen and oxygen atoms in total. The Morgan fingerprint density at radius 1 is 1.21 bits per heavy atom. The third-order valence-corrected chi connectivity index (χ3v) is 3.74. The molecule has 0 saturated carbocycles. The van der Waals surface area contributed by atoms with Crippen molar-refractivity contribution in [2.75, 3.05) is 5.32 Å². The van der Waals surface area contributed by atoms with Crippen molar-refractivity contribution in [2.24, 2.45) is 0 Å². The van der Waals surface area contributed by atoms with Crippen molar-refractivity contribution in [3.05, 3.63) is 61.6 Å². The number of rotatable bonds is 2. The van der Waals surface area contributed by atoms with E-state index in [1.54, 1.807) is 12.1 Å². The fourth-order valence-corrected chi connectivity index (χ4v) is 2.38. The molecule has 0 heterocycles. The average Bonchev–Trinajstić information content (AvgIpc) is 2.38. The Balaban J connectivity index is 2.31. The van der Waals surface area contributed by atoms with Gasteiger partial charge in [0.25, 0.3) is 5.91 Å². The minimum atomic E-state index is -1.07. The van der Waals surface area contributed by atoms with Gasteiger partial charge in [-0.25, -0.2) is 8.78 Å². The van der Waals surface area contributed by atoms with Crippen LogP contribution in [-0.2, 0) is 0 Å². The molecule has 2 aromatic rings. The maximum absolute atomic E-state index is 13.5. The Hall–Kier alpha value is -1.02. The van der Waals surface area contributed by atoms with Crippen LogP contribution in [0.4, 0.5) is 14.5 Å². The summed E-state index contributed by atoms with van der Waals surface area (Å²) in [5.41, 5.74) is 0.173. The highest BCUT2D eigenvalue weighted by Gasteiger charge is 2.14. The van der Waals surface area contributed by atoms with Gasteiger partial charge in [-0.1, -0.05) is 6.07 Å². The van der Waals surface area contributed by atoms with Crippen LogP contribution in [0.1, 0.15) is 10.4 Å². The number of anilines is 1. The molecule has 0 saturated heterocycles. The number of amides is 1. The summed E-state index contributed by atoms with van der Waals surface area (Å²) in [6.45, 7) is 0. The molecule has 0 atom stereocenters. The molecule has 0 aliphatic rings. The predicted molar refractivity (Wildman–Crippen MR) is 81.2 cm³/mol. The second-order valence-corrected chi connectivity index (χ2v) is 5.78. The maximum atomic E-state index is 13.5. The van der Waals surface area contributed by atoms with Crippen LogP contribution in [0.2, 0.25) is 0 Å². The number of hydrogen-bond acceptors (Lipinski definition) is 1. The van der Waals surface area contributed by atoms with Crippen molar-refractivity contribution in [1.29, 1.82) is 0 Å². The Morgan fingerprint density at radius 2 is 1.95 bits per heavy atom. The van der Waals surface area contributed by atoms with Gasteiger partial charge in [0.1, 0.15) is 0 Å². The predicted octanol–water partition coefficient (Wildman–Crippen LogP) is 4.58. The van der Waals surface area contributed by atoms with E-state index in [2.05, 4.69) is 43.8 Å². The maximum Gasteiger partial charge on any atom is 0.256 e. The van der Waals surface area contributed by atoms with Crippen LogP contribution in [0.25, 0.3) is 0 Å². The van der Waals surface area contributed by atoms with Crippen molar-refractivity contribution < 1.29 is 13.6 Å². The number of halogens is 4. The summed E-state index contributed by atoms with van der Waals surface area (Å²) < 4.78 is 27.9. The van der Waals surface area contributed by atoms with Crippen molar-refractivity contribution in [3.8, 4) is 0 Å². The number of nitrogens with one attached hydrogen (secondary N) is 1. The van der Waals surface area contributed by atoms with Crippen LogP contribution in [-0.4, -0.2) is 5.91 Å². The minimum absolute atomic E-state index is 0.184. The van der Waals surface area contributed by atoms with Gasteiger partial charge < -0.3 is 5.32 Å². The molecule has 1 N–H and O–H groups in total. The molecule has 19 heavy (non-hydrogen) atoms. The lowest BCUT2D eigenvalue weighted by atomic mass is 10.2. The summed E-state index contributed by atoms with van der Waals surface area (Å²) in [6.07, 6.45) is 0. The molecule has 0 aliphatic carbocycles. The van der Waals surface area contributed by atoms with Crippen LogP contribution >= 0.6 is 38.5 Å². The summed E-state index contributed by atoms with van der Waals surface area (Å²) >= 11 is 5.31. The quantitative estimate of drug-likeness (QED) is 0.684. The van der Waals surface area contributed by atoms with E-state index >= 15 is 0 Å². The van der Waals surface area contributed by atoms with Gasteiger partial charge in [0.15, 0.2) is 11.6 Å². The van der Waals surface area contributed by atoms with Gasteiger partial charge in [0.05, 0.1) is 11.3 Å². The molecule has 0 bridgehead atoms. The molecular formula is C13H7BrF2INO. The molecule has 2 rings (SSSR count). The number of carbonyl (C=O) groups is 1. The Labute approximate surface area is 130 Å². The van der Waals surface area contributed by atoms with Crippen molar-refractivity contribution in [3.63, 3.8) is 0 Å². The van der Waals surface area contributed by atoms with Crippen LogP contribution in [0.5, 0.6) is 0 Å². The zero-order valence-corrected chi connectivity index (χ0v) is 13.1. The zero-order valence-electron chi connectivity index (χ0n) is 9.38. The summed E-state index contributed by atoms with van der Waals surface area (Å²) in [7, 11) is 0. The van der Waals surface area contributed by atoms with E-state index in [1.807, 2.05) is 6.07 Å². The van der Waals surface area contributed by atoms with Gasteiger partial charge in [-0.15, -0.1) is 0 Å². The van der Waals surface area contributed by atoms with E-state index in [0.29, 0.717) is 10.0 Å². The summed E-state index contributed by atoms with van der Waals surface area (Å²) in [6, 6.07) is 8.82. The molecule has 0 radical (unpaired) electrons. The lowest BCUT2D eigenvalue weighted by Gasteiger charge is -2.08. The van der Waals surface area contributed by atoms with Gasteiger partial charge >= 0.3 is 0 Å². The van der Waals surface area contributed by atoms with E-state index < -0.39 is 17.5 Å². The molecule has 0 aromatic heterocycles. The van der Waals surface area contributed by atoms with Crippen molar-refractivity contribution >= 4 is 50.1 Å². The first-order chi connectivity index (χ1) is 8.99. The van der Waals surface area contributed by atoms with Gasteiger partial charge in [-0.2, -0.15) is 0 Å². The lowest BCUT2D eigenvalue weighted by Crippen LogP contribution is -2.14. The first-order valence-electron chi connectivity index (χ1n) is 5.19. The molecule has 0 aliphatic heterocycles. The van der Waals surface area contributed by atoms with E-state index in [0.717, 1.165) is 9.64 Å². The van der Waals surface area contributed by atoms with Crippen LogP contribution in [0, 0.1) is 15.2 Å². The molecule has 0 unspecified atom stereocenters. The van der Waals surface area contributed by atoms with E-state index in [4.69, 9.17) is 0 Å². The van der Waals surface area contributed by atoms with Gasteiger partial charge in [-0.3, -0.25) is 4.79 Å². The van der Waals surface area contributed by atoms with Gasteiger partial charge in [-0.05, 0) is 68.9 Å². The first-order valence-corrected chi connectivity index (χ1v) is 7.06. The zero-order chi connectivity index (χ0) is 14.0. The Bertz CT molecular complexity index is 649. The molecular weight excluding hydrogens is 431 g/mol. The smallest absolute Gasteiger partial charge is 0.256 e. The second-order valence-electron chi connectivity index (χ2n) is 3.68. The summed E-state index contributed by atoms with van der Waals surface area (Å²) in [5.74, 6) is -2.58. The van der Waals surface area contributed by atoms with Gasteiger partial charge in [0.2, 0.25) is 0 Å². The van der Waals surface area contributed by atoms with Crippen LogP contribution in [0.3, 0.4) is 0 Å². The summed E-state index contributed by atoms with van der Waals surface area (Å²) in [5, 5.41) is 2.35. The van der Waals surface area contributed by atoms with Gasteiger partial charge in [0, 0.05) is 8.04 Å². The molecule has 6 heteroatoms. The van der Waals surface area contributed by atoms with E-state index in [-0.39, 0.29) is 5.69 Å². The number of hydrogen-bond donors (Lipinski definition) is 1. The molecule has 1 amide bonds.